The lowest BCUT2D eigenvalue weighted by Crippen LogP contribution is -1.90. The van der Waals surface area contributed by atoms with Crippen LogP contribution in [0.3, 0.4) is 0 Å². The molecule has 1 aromatic heterocycles. The number of nitrogens with zero attached hydrogens (tertiary/aromatic N) is 1. The monoisotopic (exact) mass is 297 g/mol. The Morgan fingerprint density at radius 2 is 1.76 bits per heavy atom. The van der Waals surface area contributed by atoms with Gasteiger partial charge in [-0.1, -0.05) is 43.6 Å². The van der Waals surface area contributed by atoms with Gasteiger partial charge >= 0.3 is 0 Å². The van der Waals surface area contributed by atoms with Gasteiger partial charge in [0.1, 0.15) is 11.5 Å². The smallest absolute Gasteiger partial charge is 0.138 e. The zero-order chi connectivity index (χ0) is 14.8. The minimum Gasteiger partial charge on any atom is -0.457 e. The zero-order valence-electron chi connectivity index (χ0n) is 12.0. The molecule has 106 valence electrons. The number of pyridine rings is 1. The predicted molar refractivity (Wildman–Crippen MR) is 87.4 cm³/mol. The van der Waals surface area contributed by atoms with Gasteiger partial charge in [0.05, 0.1) is 10.5 Å². The second kappa shape index (κ2) is 5.74. The molecule has 0 atom stereocenters. The molecule has 0 bridgehead atoms. The number of hydrogen-bond acceptors (Lipinski definition) is 2. The Labute approximate surface area is 129 Å². The molecule has 3 heteroatoms. The number of fused-ring (bicyclic) bond motifs is 1. The Kier molecular flexibility index (Phi) is 3.80. The molecule has 3 rings (SSSR count). The van der Waals surface area contributed by atoms with E-state index in [-0.39, 0.29) is 0 Å². The maximum Gasteiger partial charge on any atom is 0.138 e. The van der Waals surface area contributed by atoms with Gasteiger partial charge in [-0.3, -0.25) is 4.98 Å². The maximum absolute atomic E-state index is 6.17. The summed E-state index contributed by atoms with van der Waals surface area (Å²) in [5, 5.41) is 1.55. The van der Waals surface area contributed by atoms with E-state index in [1.807, 2.05) is 36.4 Å². The highest BCUT2D eigenvalue weighted by atomic mass is 35.5. The van der Waals surface area contributed by atoms with Gasteiger partial charge in [-0.15, -0.1) is 0 Å². The van der Waals surface area contributed by atoms with Crippen LogP contribution in [-0.2, 0) is 0 Å². The average Bonchev–Trinajstić information content (AvgIpc) is 2.49. The highest BCUT2D eigenvalue weighted by Crippen LogP contribution is 2.32. The van der Waals surface area contributed by atoms with Gasteiger partial charge in [-0.2, -0.15) is 0 Å². The van der Waals surface area contributed by atoms with Crippen LogP contribution in [0.2, 0.25) is 5.02 Å². The number of halogens is 1. The summed E-state index contributed by atoms with van der Waals surface area (Å²) in [6, 6.07) is 15.7. The number of benzene rings is 2. The second-order valence-electron chi connectivity index (χ2n) is 5.27. The molecule has 0 spiro atoms. The third-order valence-corrected chi connectivity index (χ3v) is 3.76. The van der Waals surface area contributed by atoms with E-state index in [0.29, 0.717) is 10.9 Å². The van der Waals surface area contributed by atoms with Gasteiger partial charge in [0.2, 0.25) is 0 Å². The van der Waals surface area contributed by atoms with Gasteiger partial charge in [0, 0.05) is 11.6 Å². The van der Waals surface area contributed by atoms with Gasteiger partial charge in [-0.05, 0) is 41.8 Å². The molecular weight excluding hydrogens is 282 g/mol. The van der Waals surface area contributed by atoms with Crippen LogP contribution in [0.5, 0.6) is 11.5 Å². The first-order valence-electron chi connectivity index (χ1n) is 6.96. The molecule has 2 nitrogen and oxygen atoms in total. The van der Waals surface area contributed by atoms with Crippen LogP contribution >= 0.6 is 11.6 Å². The summed E-state index contributed by atoms with van der Waals surface area (Å²) >= 11 is 6.17. The fourth-order valence-corrected chi connectivity index (χ4v) is 2.47. The SMILES string of the molecule is CC(C)c1ccc(Oc2ccnc3c(Cl)cccc23)cc1. The van der Waals surface area contributed by atoms with Gasteiger partial charge in [0.25, 0.3) is 0 Å². The van der Waals surface area contributed by atoms with Crippen LogP contribution in [-0.4, -0.2) is 4.98 Å². The Bertz CT molecular complexity index is 766. The molecule has 0 aliphatic carbocycles. The van der Waals surface area contributed by atoms with Gasteiger partial charge in [-0.25, -0.2) is 0 Å². The lowest BCUT2D eigenvalue weighted by atomic mass is 10.0. The third kappa shape index (κ3) is 2.86. The topological polar surface area (TPSA) is 22.1 Å². The van der Waals surface area contributed by atoms with E-state index in [1.54, 1.807) is 6.20 Å². The molecule has 2 aromatic carbocycles. The first-order valence-corrected chi connectivity index (χ1v) is 7.34. The quantitative estimate of drug-likeness (QED) is 0.609. The summed E-state index contributed by atoms with van der Waals surface area (Å²) in [4.78, 5) is 4.31. The lowest BCUT2D eigenvalue weighted by molar-refractivity contribution is 0.487. The molecule has 0 amide bonds. The van der Waals surface area contributed by atoms with E-state index < -0.39 is 0 Å². The summed E-state index contributed by atoms with van der Waals surface area (Å²) in [7, 11) is 0. The summed E-state index contributed by atoms with van der Waals surface area (Å²) in [6.07, 6.45) is 1.71. The molecule has 21 heavy (non-hydrogen) atoms. The van der Waals surface area contributed by atoms with Crippen LogP contribution in [0.1, 0.15) is 25.3 Å². The largest absolute Gasteiger partial charge is 0.457 e. The second-order valence-corrected chi connectivity index (χ2v) is 5.68. The molecule has 0 saturated heterocycles. The van der Waals surface area contributed by atoms with Gasteiger partial charge in [0.15, 0.2) is 0 Å². The summed E-state index contributed by atoms with van der Waals surface area (Å²) in [5.41, 5.74) is 2.06. The van der Waals surface area contributed by atoms with E-state index in [2.05, 4.69) is 31.0 Å². The van der Waals surface area contributed by atoms with Crippen LogP contribution in [0, 0.1) is 0 Å². The van der Waals surface area contributed by atoms with Crippen molar-refractivity contribution in [2.45, 2.75) is 19.8 Å². The van der Waals surface area contributed by atoms with E-state index in [9.17, 15) is 0 Å². The molecule has 0 unspecified atom stereocenters. The van der Waals surface area contributed by atoms with Crippen molar-refractivity contribution >= 4 is 22.5 Å². The summed E-state index contributed by atoms with van der Waals surface area (Å²) in [5.74, 6) is 2.09. The highest BCUT2D eigenvalue weighted by molar-refractivity contribution is 6.35. The van der Waals surface area contributed by atoms with Crippen molar-refractivity contribution in [2.75, 3.05) is 0 Å². The molecule has 0 aliphatic rings. The standard InChI is InChI=1S/C18H16ClNO/c1-12(2)13-6-8-14(9-7-13)21-17-10-11-20-18-15(17)4-3-5-16(18)19/h3-12H,1-2H3. The Balaban J connectivity index is 1.96. The van der Waals surface area contributed by atoms with Crippen LogP contribution in [0.25, 0.3) is 10.9 Å². The van der Waals surface area contributed by atoms with E-state index in [0.717, 1.165) is 22.4 Å². The molecule has 0 N–H and O–H groups in total. The van der Waals surface area contributed by atoms with Crippen LogP contribution in [0.15, 0.2) is 54.7 Å². The van der Waals surface area contributed by atoms with Crippen molar-refractivity contribution in [1.82, 2.24) is 4.98 Å². The fraction of sp³-hybridized carbons (Fsp3) is 0.167. The summed E-state index contributed by atoms with van der Waals surface area (Å²) in [6.45, 7) is 4.35. The molecule has 0 fully saturated rings. The minimum atomic E-state index is 0.514. The van der Waals surface area contributed by atoms with Crippen LogP contribution in [0.4, 0.5) is 0 Å². The third-order valence-electron chi connectivity index (χ3n) is 3.46. The lowest BCUT2D eigenvalue weighted by Gasteiger charge is -2.10. The fourth-order valence-electron chi connectivity index (χ4n) is 2.25. The number of hydrogen-bond donors (Lipinski definition) is 0. The average molecular weight is 298 g/mol. The number of aromatic nitrogens is 1. The Morgan fingerprint density at radius 1 is 1.00 bits per heavy atom. The van der Waals surface area contributed by atoms with Crippen molar-refractivity contribution in [3.05, 3.63) is 65.3 Å². The zero-order valence-corrected chi connectivity index (χ0v) is 12.8. The Morgan fingerprint density at radius 3 is 2.48 bits per heavy atom. The van der Waals surface area contributed by atoms with E-state index >= 15 is 0 Å². The first-order chi connectivity index (χ1) is 10.1. The molecule has 1 heterocycles. The first kappa shape index (κ1) is 13.9. The van der Waals surface area contributed by atoms with Crippen molar-refractivity contribution in [3.8, 4) is 11.5 Å². The van der Waals surface area contributed by atoms with Crippen molar-refractivity contribution in [2.24, 2.45) is 0 Å². The van der Waals surface area contributed by atoms with Crippen LogP contribution < -0.4 is 4.74 Å². The molecule has 0 saturated carbocycles. The van der Waals surface area contributed by atoms with E-state index in [1.165, 1.54) is 5.56 Å². The molecule has 0 aliphatic heterocycles. The molecule has 0 radical (unpaired) electrons. The molecular formula is C18H16ClNO. The normalized spacial score (nSPS) is 11.0. The minimum absolute atomic E-state index is 0.514. The predicted octanol–water partition coefficient (Wildman–Crippen LogP) is 5.80. The Hall–Kier alpha value is -2.06. The van der Waals surface area contributed by atoms with Gasteiger partial charge < -0.3 is 4.74 Å². The maximum atomic E-state index is 6.17. The highest BCUT2D eigenvalue weighted by Gasteiger charge is 2.07. The van der Waals surface area contributed by atoms with Crippen molar-refractivity contribution < 1.29 is 4.74 Å². The number of rotatable bonds is 3. The number of para-hydroxylation sites is 1. The summed E-state index contributed by atoms with van der Waals surface area (Å²) < 4.78 is 5.98. The number of ether oxygens (including phenoxy) is 1. The van der Waals surface area contributed by atoms with E-state index in [4.69, 9.17) is 16.3 Å². The van der Waals surface area contributed by atoms with Crippen molar-refractivity contribution in [3.63, 3.8) is 0 Å². The van der Waals surface area contributed by atoms with Crippen molar-refractivity contribution in [1.29, 1.82) is 0 Å². The molecule has 3 aromatic rings.